The number of epoxide rings is 1. The second-order valence-corrected chi connectivity index (χ2v) is 7.39. The molecule has 26 heavy (non-hydrogen) atoms. The van der Waals surface area contributed by atoms with Crippen LogP contribution in [0.25, 0.3) is 0 Å². The minimum atomic E-state index is -0.145. The third kappa shape index (κ3) is 2.88. The fourth-order valence-corrected chi connectivity index (χ4v) is 4.34. The molecule has 0 bridgehead atoms. The van der Waals surface area contributed by atoms with Crippen LogP contribution >= 0.6 is 0 Å². The summed E-state index contributed by atoms with van der Waals surface area (Å²) in [6, 6.07) is 16.2. The van der Waals surface area contributed by atoms with Crippen LogP contribution in [0.2, 0.25) is 0 Å². The van der Waals surface area contributed by atoms with E-state index in [-0.39, 0.29) is 12.1 Å². The number of hydrogen-bond donors (Lipinski definition) is 0. The van der Waals surface area contributed by atoms with Crippen LogP contribution < -0.4 is 4.74 Å². The van der Waals surface area contributed by atoms with Crippen LogP contribution in [0.1, 0.15) is 41.9 Å². The van der Waals surface area contributed by atoms with E-state index >= 15 is 0 Å². The molecule has 1 saturated heterocycles. The van der Waals surface area contributed by atoms with E-state index in [0.29, 0.717) is 31.2 Å². The van der Waals surface area contributed by atoms with Crippen molar-refractivity contribution >= 4 is 5.97 Å². The molecule has 1 saturated carbocycles. The van der Waals surface area contributed by atoms with Gasteiger partial charge < -0.3 is 14.2 Å². The number of carbonyl (C=O) groups excluding carboxylic acids is 1. The van der Waals surface area contributed by atoms with Crippen LogP contribution in [0.5, 0.6) is 5.75 Å². The summed E-state index contributed by atoms with van der Waals surface area (Å²) >= 11 is 0. The predicted octanol–water partition coefficient (Wildman–Crippen LogP) is 3.77. The zero-order valence-corrected chi connectivity index (χ0v) is 14.6. The van der Waals surface area contributed by atoms with Gasteiger partial charge in [-0.2, -0.15) is 0 Å². The molecule has 0 N–H and O–H groups in total. The molecule has 2 aliphatic heterocycles. The first kappa shape index (κ1) is 15.9. The lowest BCUT2D eigenvalue weighted by Gasteiger charge is -2.11. The summed E-state index contributed by atoms with van der Waals surface area (Å²) in [5, 5.41) is 0. The number of hydrogen-bond acceptors (Lipinski definition) is 4. The van der Waals surface area contributed by atoms with Crippen molar-refractivity contribution < 1.29 is 19.0 Å². The topological polar surface area (TPSA) is 48.1 Å². The summed E-state index contributed by atoms with van der Waals surface area (Å²) in [5.74, 6) is 1.30. The van der Waals surface area contributed by atoms with E-state index in [4.69, 9.17) is 14.2 Å². The molecule has 4 heteroatoms. The van der Waals surface area contributed by atoms with Crippen molar-refractivity contribution in [2.45, 2.75) is 56.5 Å². The van der Waals surface area contributed by atoms with Gasteiger partial charge in [0.2, 0.25) is 0 Å². The van der Waals surface area contributed by atoms with E-state index in [2.05, 4.69) is 18.2 Å². The average Bonchev–Trinajstić information content (AvgIpc) is 3.17. The van der Waals surface area contributed by atoms with E-state index < -0.39 is 0 Å². The third-order valence-corrected chi connectivity index (χ3v) is 5.67. The van der Waals surface area contributed by atoms with Crippen LogP contribution in [0.3, 0.4) is 0 Å². The van der Waals surface area contributed by atoms with Gasteiger partial charge in [-0.15, -0.1) is 0 Å². The Hall–Kier alpha value is -2.33. The molecule has 2 aromatic carbocycles. The number of fused-ring (bicyclic) bond motifs is 5. The highest BCUT2D eigenvalue weighted by Crippen LogP contribution is 2.56. The summed E-state index contributed by atoms with van der Waals surface area (Å²) in [5.41, 5.74) is 3.51. The largest absolute Gasteiger partial charge is 0.489 e. The highest BCUT2D eigenvalue weighted by Gasteiger charge is 2.60. The standard InChI is InChI=1S/C22H22O4/c23-19(24-13-14-6-2-1-3-7-14)11-5-9-15-8-4-10-16-20-17(25-21(15)16)12-18-22(20)26-18/h1-4,6-8,10,17-18,20,22H,5,9,11-13H2/t17?,18-,20?,22-/m1/s1. The normalized spacial score (nSPS) is 27.2. The van der Waals surface area contributed by atoms with Gasteiger partial charge in [0.1, 0.15) is 18.5 Å². The molecule has 0 spiro atoms. The molecule has 0 amide bonds. The Labute approximate surface area is 153 Å². The lowest BCUT2D eigenvalue weighted by atomic mass is 9.94. The number of benzene rings is 2. The molecule has 1 aliphatic carbocycles. The lowest BCUT2D eigenvalue weighted by molar-refractivity contribution is -0.145. The molecule has 134 valence electrons. The number of carbonyl (C=O) groups is 1. The van der Waals surface area contributed by atoms with Crippen molar-refractivity contribution in [3.63, 3.8) is 0 Å². The Kier molecular flexibility index (Phi) is 3.93. The first-order chi connectivity index (χ1) is 12.8. The zero-order chi connectivity index (χ0) is 17.5. The van der Waals surface area contributed by atoms with Gasteiger partial charge in [0.05, 0.1) is 18.1 Å². The van der Waals surface area contributed by atoms with Crippen molar-refractivity contribution in [1.29, 1.82) is 0 Å². The number of rotatable bonds is 6. The minimum Gasteiger partial charge on any atom is -0.489 e. The Morgan fingerprint density at radius 1 is 1.08 bits per heavy atom. The van der Waals surface area contributed by atoms with Crippen molar-refractivity contribution in [1.82, 2.24) is 0 Å². The first-order valence-corrected chi connectivity index (χ1v) is 9.43. The first-order valence-electron chi connectivity index (χ1n) is 9.43. The van der Waals surface area contributed by atoms with E-state index in [1.165, 1.54) is 11.1 Å². The van der Waals surface area contributed by atoms with E-state index in [1.807, 2.05) is 30.3 Å². The van der Waals surface area contributed by atoms with E-state index in [9.17, 15) is 4.79 Å². The maximum Gasteiger partial charge on any atom is 0.306 e. The minimum absolute atomic E-state index is 0.145. The highest BCUT2D eigenvalue weighted by atomic mass is 16.6. The molecule has 5 rings (SSSR count). The Morgan fingerprint density at radius 3 is 2.85 bits per heavy atom. The molecule has 3 aliphatic rings. The van der Waals surface area contributed by atoms with Crippen LogP contribution in [0.4, 0.5) is 0 Å². The van der Waals surface area contributed by atoms with Crippen LogP contribution in [-0.2, 0) is 27.3 Å². The summed E-state index contributed by atoms with van der Waals surface area (Å²) < 4.78 is 17.3. The van der Waals surface area contributed by atoms with E-state index in [0.717, 1.165) is 30.6 Å². The van der Waals surface area contributed by atoms with Crippen molar-refractivity contribution in [2.75, 3.05) is 0 Å². The maximum absolute atomic E-state index is 12.0. The number of para-hydroxylation sites is 1. The molecule has 2 heterocycles. The monoisotopic (exact) mass is 350 g/mol. The molecule has 2 aromatic rings. The van der Waals surface area contributed by atoms with Gasteiger partial charge >= 0.3 is 5.97 Å². The summed E-state index contributed by atoms with van der Waals surface area (Å²) in [6.45, 7) is 0.343. The van der Waals surface area contributed by atoms with Crippen molar-refractivity contribution in [2.24, 2.45) is 0 Å². The van der Waals surface area contributed by atoms with Crippen molar-refractivity contribution in [3.05, 3.63) is 65.2 Å². The lowest BCUT2D eigenvalue weighted by Crippen LogP contribution is -2.17. The van der Waals surface area contributed by atoms with Crippen molar-refractivity contribution in [3.8, 4) is 5.75 Å². The quantitative estimate of drug-likeness (QED) is 0.588. The predicted molar refractivity (Wildman–Crippen MR) is 96.1 cm³/mol. The Bertz CT molecular complexity index is 816. The zero-order valence-electron chi connectivity index (χ0n) is 14.6. The molecule has 2 fully saturated rings. The van der Waals surface area contributed by atoms with Gasteiger partial charge in [-0.05, 0) is 24.0 Å². The van der Waals surface area contributed by atoms with Gasteiger partial charge in [-0.1, -0.05) is 48.5 Å². The Balaban J connectivity index is 1.15. The molecule has 4 atom stereocenters. The fraction of sp³-hybridized carbons (Fsp3) is 0.409. The molecular weight excluding hydrogens is 328 g/mol. The summed E-state index contributed by atoms with van der Waals surface area (Å²) in [7, 11) is 0. The van der Waals surface area contributed by atoms with Crippen LogP contribution in [-0.4, -0.2) is 24.3 Å². The average molecular weight is 350 g/mol. The highest BCUT2D eigenvalue weighted by molar-refractivity contribution is 5.69. The van der Waals surface area contributed by atoms with Gasteiger partial charge in [-0.3, -0.25) is 4.79 Å². The fourth-order valence-electron chi connectivity index (χ4n) is 4.34. The number of aryl methyl sites for hydroxylation is 1. The van der Waals surface area contributed by atoms with Gasteiger partial charge in [0, 0.05) is 18.4 Å². The molecule has 0 aromatic heterocycles. The second kappa shape index (κ2) is 6.44. The number of ether oxygens (including phenoxy) is 3. The second-order valence-electron chi connectivity index (χ2n) is 7.39. The summed E-state index contributed by atoms with van der Waals surface area (Å²) in [4.78, 5) is 12.0. The SMILES string of the molecule is O=C(CCCc1cccc2c1OC1C[C@H]3O[C@H]3C21)OCc1ccccc1. The van der Waals surface area contributed by atoms with Gasteiger partial charge in [-0.25, -0.2) is 0 Å². The maximum atomic E-state index is 12.0. The number of esters is 1. The molecule has 2 unspecified atom stereocenters. The molecule has 0 radical (unpaired) electrons. The van der Waals surface area contributed by atoms with Crippen LogP contribution in [0, 0.1) is 0 Å². The van der Waals surface area contributed by atoms with Gasteiger partial charge in [0.25, 0.3) is 0 Å². The smallest absolute Gasteiger partial charge is 0.306 e. The molecular formula is C22H22O4. The van der Waals surface area contributed by atoms with Gasteiger partial charge in [0.15, 0.2) is 0 Å². The molecule has 4 nitrogen and oxygen atoms in total. The Morgan fingerprint density at radius 2 is 1.96 bits per heavy atom. The third-order valence-electron chi connectivity index (χ3n) is 5.67. The van der Waals surface area contributed by atoms with Crippen LogP contribution in [0.15, 0.2) is 48.5 Å². The summed E-state index contributed by atoms with van der Waals surface area (Å²) in [6.07, 6.45) is 4.10. The van der Waals surface area contributed by atoms with E-state index in [1.54, 1.807) is 0 Å².